The molecular formula is C20H26F2N4O3. The van der Waals surface area contributed by atoms with E-state index in [1.54, 1.807) is 4.90 Å². The molecule has 0 spiro atoms. The topological polar surface area (TPSA) is 105 Å². The molecule has 2 atom stereocenters. The summed E-state index contributed by atoms with van der Waals surface area (Å²) >= 11 is 0. The summed E-state index contributed by atoms with van der Waals surface area (Å²) in [4.78, 5) is 42.1. The Morgan fingerprint density at radius 1 is 1.17 bits per heavy atom. The zero-order valence-electron chi connectivity index (χ0n) is 16.4. The van der Waals surface area contributed by atoms with Gasteiger partial charge in [0.15, 0.2) is 0 Å². The molecule has 29 heavy (non-hydrogen) atoms. The summed E-state index contributed by atoms with van der Waals surface area (Å²) in [6.45, 7) is 2.42. The second-order valence-corrected chi connectivity index (χ2v) is 8.18. The maximum atomic E-state index is 13.5. The van der Waals surface area contributed by atoms with E-state index in [2.05, 4.69) is 10.3 Å². The molecule has 1 aliphatic heterocycles. The van der Waals surface area contributed by atoms with Gasteiger partial charge in [-0.3, -0.25) is 19.4 Å². The van der Waals surface area contributed by atoms with Crippen molar-refractivity contribution in [3.63, 3.8) is 0 Å². The highest BCUT2D eigenvalue weighted by molar-refractivity contribution is 6.39. The average molecular weight is 408 g/mol. The zero-order valence-corrected chi connectivity index (χ0v) is 16.4. The van der Waals surface area contributed by atoms with Crippen LogP contribution >= 0.6 is 0 Å². The van der Waals surface area contributed by atoms with Crippen molar-refractivity contribution in [1.82, 2.24) is 9.88 Å². The molecule has 1 saturated carbocycles. The highest BCUT2D eigenvalue weighted by Crippen LogP contribution is 2.41. The van der Waals surface area contributed by atoms with Gasteiger partial charge < -0.3 is 16.0 Å². The Hall–Kier alpha value is -2.58. The van der Waals surface area contributed by atoms with Crippen LogP contribution in [-0.4, -0.2) is 46.1 Å². The number of carbonyl (C=O) groups is 3. The quantitative estimate of drug-likeness (QED) is 0.750. The first kappa shape index (κ1) is 21.1. The Kier molecular flexibility index (Phi) is 6.14. The van der Waals surface area contributed by atoms with Crippen molar-refractivity contribution in [1.29, 1.82) is 0 Å². The molecule has 0 bridgehead atoms. The molecule has 1 aromatic rings. The summed E-state index contributed by atoms with van der Waals surface area (Å²) in [5, 5.41) is 2.47. The van der Waals surface area contributed by atoms with E-state index in [-0.39, 0.29) is 42.0 Å². The largest absolute Gasteiger partial charge is 0.366 e. The van der Waals surface area contributed by atoms with Gasteiger partial charge in [-0.05, 0) is 43.6 Å². The van der Waals surface area contributed by atoms with Crippen LogP contribution in [0.2, 0.25) is 0 Å². The van der Waals surface area contributed by atoms with E-state index < -0.39 is 23.6 Å². The number of nitrogens with two attached hydrogens (primary N) is 1. The minimum atomic E-state index is -2.64. The van der Waals surface area contributed by atoms with E-state index in [9.17, 15) is 23.2 Å². The molecule has 1 aliphatic carbocycles. The number of halogens is 2. The van der Waals surface area contributed by atoms with Crippen molar-refractivity contribution >= 4 is 23.4 Å². The van der Waals surface area contributed by atoms with Crippen LogP contribution in [0.4, 0.5) is 14.5 Å². The van der Waals surface area contributed by atoms with Gasteiger partial charge in [0.2, 0.25) is 11.8 Å². The molecule has 3 amide bonds. The molecule has 0 unspecified atom stereocenters. The molecule has 1 saturated heterocycles. The monoisotopic (exact) mass is 408 g/mol. The number of hydrogen-bond acceptors (Lipinski definition) is 4. The van der Waals surface area contributed by atoms with Gasteiger partial charge in [-0.25, -0.2) is 8.78 Å². The molecule has 0 radical (unpaired) electrons. The number of anilines is 1. The van der Waals surface area contributed by atoms with Crippen LogP contribution in [0, 0.1) is 11.8 Å². The molecule has 9 heteroatoms. The fourth-order valence-corrected chi connectivity index (χ4v) is 4.30. The zero-order chi connectivity index (χ0) is 21.2. The number of aromatic nitrogens is 1. The van der Waals surface area contributed by atoms with E-state index in [4.69, 9.17) is 5.73 Å². The van der Waals surface area contributed by atoms with E-state index in [0.717, 1.165) is 6.42 Å². The fraction of sp³-hybridized carbons (Fsp3) is 0.600. The third-order valence-corrected chi connectivity index (χ3v) is 5.91. The number of alkyl halides is 2. The minimum absolute atomic E-state index is 0.0290. The smallest absolute Gasteiger partial charge is 0.313 e. The lowest BCUT2D eigenvalue weighted by atomic mass is 9.77. The summed E-state index contributed by atoms with van der Waals surface area (Å²) in [6, 6.07) is 1.13. The second kappa shape index (κ2) is 8.42. The standard InChI is InChI=1S/C20H26F2N4O3/c1-12-2-3-16(13-4-6-20(21,22)7-5-13)26(11-12)19(29)18(28)25-15-8-14(17(23)27)9-24-10-15/h8-10,12-13,16H,2-7,11H2,1H3,(H2,23,27)(H,25,28)/t12-,16+/m1/s1. The molecule has 3 N–H and O–H groups in total. The third-order valence-electron chi connectivity index (χ3n) is 5.91. The first-order valence-corrected chi connectivity index (χ1v) is 9.91. The van der Waals surface area contributed by atoms with Crippen LogP contribution in [0.25, 0.3) is 0 Å². The molecule has 0 aromatic carbocycles. The van der Waals surface area contributed by atoms with Crippen molar-refractivity contribution in [3.8, 4) is 0 Å². The summed E-state index contributed by atoms with van der Waals surface area (Å²) in [5.41, 5.74) is 5.51. The second-order valence-electron chi connectivity index (χ2n) is 8.18. The number of likely N-dealkylation sites (tertiary alicyclic amines) is 1. The summed E-state index contributed by atoms with van der Waals surface area (Å²) in [5.74, 6) is -4.66. The number of piperidine rings is 1. The number of amides is 3. The Morgan fingerprint density at radius 3 is 2.52 bits per heavy atom. The van der Waals surface area contributed by atoms with Gasteiger partial charge in [0, 0.05) is 31.6 Å². The normalized spacial score (nSPS) is 24.7. The lowest BCUT2D eigenvalue weighted by molar-refractivity contribution is -0.148. The van der Waals surface area contributed by atoms with Gasteiger partial charge in [-0.15, -0.1) is 0 Å². The highest BCUT2D eigenvalue weighted by Gasteiger charge is 2.42. The van der Waals surface area contributed by atoms with Gasteiger partial charge >= 0.3 is 11.8 Å². The maximum absolute atomic E-state index is 13.5. The molecule has 1 aromatic heterocycles. The van der Waals surface area contributed by atoms with Crippen molar-refractivity contribution < 1.29 is 23.2 Å². The lowest BCUT2D eigenvalue weighted by Crippen LogP contribution is -2.53. The summed E-state index contributed by atoms with van der Waals surface area (Å²) in [6.07, 6.45) is 4.53. The lowest BCUT2D eigenvalue weighted by Gasteiger charge is -2.44. The Bertz CT molecular complexity index is 792. The maximum Gasteiger partial charge on any atom is 0.313 e. The third kappa shape index (κ3) is 5.07. The minimum Gasteiger partial charge on any atom is -0.366 e. The predicted octanol–water partition coefficient (Wildman–Crippen LogP) is 2.57. The molecule has 2 heterocycles. The average Bonchev–Trinajstić information content (AvgIpc) is 2.68. The van der Waals surface area contributed by atoms with Gasteiger partial charge in [-0.2, -0.15) is 0 Å². The predicted molar refractivity (Wildman–Crippen MR) is 102 cm³/mol. The van der Waals surface area contributed by atoms with Crippen LogP contribution < -0.4 is 11.1 Å². The Balaban J connectivity index is 1.71. The number of nitrogens with zero attached hydrogens (tertiary/aromatic N) is 2. The highest BCUT2D eigenvalue weighted by atomic mass is 19.3. The van der Waals surface area contributed by atoms with Crippen molar-refractivity contribution in [3.05, 3.63) is 24.0 Å². The van der Waals surface area contributed by atoms with Crippen LogP contribution in [0.3, 0.4) is 0 Å². The fourth-order valence-electron chi connectivity index (χ4n) is 4.30. The number of rotatable bonds is 3. The first-order chi connectivity index (χ1) is 13.7. The Labute approximate surface area is 168 Å². The SMILES string of the molecule is C[C@@H]1CC[C@@H](C2CCC(F)(F)CC2)N(C(=O)C(=O)Nc2cncc(C(N)=O)c2)C1. The molecular weight excluding hydrogens is 382 g/mol. The van der Waals surface area contributed by atoms with Crippen molar-refractivity contribution in [2.75, 3.05) is 11.9 Å². The van der Waals surface area contributed by atoms with Crippen molar-refractivity contribution in [2.45, 2.75) is 57.4 Å². The van der Waals surface area contributed by atoms with Gasteiger partial charge in [-0.1, -0.05) is 6.92 Å². The number of nitrogens with one attached hydrogen (secondary N) is 1. The van der Waals surface area contributed by atoms with Crippen LogP contribution in [-0.2, 0) is 9.59 Å². The number of pyridine rings is 1. The Morgan fingerprint density at radius 2 is 1.86 bits per heavy atom. The molecule has 7 nitrogen and oxygen atoms in total. The van der Waals surface area contributed by atoms with E-state index in [1.807, 2.05) is 6.92 Å². The molecule has 2 aliphatic rings. The van der Waals surface area contributed by atoms with Gasteiger partial charge in [0.1, 0.15) is 0 Å². The molecule has 158 valence electrons. The molecule has 2 fully saturated rings. The summed E-state index contributed by atoms with van der Waals surface area (Å²) in [7, 11) is 0. The summed E-state index contributed by atoms with van der Waals surface area (Å²) < 4.78 is 27.1. The number of carbonyl (C=O) groups excluding carboxylic acids is 3. The van der Waals surface area contributed by atoms with Crippen molar-refractivity contribution in [2.24, 2.45) is 17.6 Å². The number of hydrogen-bond donors (Lipinski definition) is 2. The first-order valence-electron chi connectivity index (χ1n) is 9.91. The van der Waals surface area contributed by atoms with E-state index in [0.29, 0.717) is 25.8 Å². The number of primary amides is 1. The van der Waals surface area contributed by atoms with Crippen LogP contribution in [0.1, 0.15) is 55.8 Å². The van der Waals surface area contributed by atoms with E-state index >= 15 is 0 Å². The van der Waals surface area contributed by atoms with Gasteiger partial charge in [0.25, 0.3) is 0 Å². The van der Waals surface area contributed by atoms with Crippen LogP contribution in [0.5, 0.6) is 0 Å². The van der Waals surface area contributed by atoms with E-state index in [1.165, 1.54) is 18.5 Å². The molecule has 3 rings (SSSR count). The van der Waals surface area contributed by atoms with Gasteiger partial charge in [0.05, 0.1) is 17.4 Å². The van der Waals surface area contributed by atoms with Crippen LogP contribution in [0.15, 0.2) is 18.5 Å².